The Balaban J connectivity index is 1.69. The Kier molecular flexibility index (Phi) is 7.09. The molecule has 2 aromatic rings. The minimum Gasteiger partial charge on any atom is -0.356 e. The van der Waals surface area contributed by atoms with Gasteiger partial charge in [0.05, 0.1) is 4.90 Å². The summed E-state index contributed by atoms with van der Waals surface area (Å²) in [5.41, 5.74) is 2.37. The Morgan fingerprint density at radius 2 is 1.63 bits per heavy atom. The molecule has 0 fully saturated rings. The minimum absolute atomic E-state index is 0.0553. The fourth-order valence-electron chi connectivity index (χ4n) is 2.49. The van der Waals surface area contributed by atoms with Gasteiger partial charge in [-0.05, 0) is 42.7 Å². The number of hydrogen-bond donors (Lipinski definition) is 3. The van der Waals surface area contributed by atoms with Gasteiger partial charge < -0.3 is 10.6 Å². The number of nitrogens with one attached hydrogen (secondary N) is 2. The lowest BCUT2D eigenvalue weighted by molar-refractivity contribution is -0.120. The molecule has 2 amide bonds. The van der Waals surface area contributed by atoms with Crippen LogP contribution in [0.1, 0.15) is 27.9 Å². The van der Waals surface area contributed by atoms with Crippen LogP contribution < -0.4 is 15.8 Å². The predicted molar refractivity (Wildman–Crippen MR) is 103 cm³/mol. The third kappa shape index (κ3) is 6.50. The van der Waals surface area contributed by atoms with Crippen molar-refractivity contribution >= 4 is 21.8 Å². The fourth-order valence-corrected chi connectivity index (χ4v) is 3.01. The number of sulfonamides is 1. The van der Waals surface area contributed by atoms with E-state index in [2.05, 4.69) is 10.6 Å². The van der Waals surface area contributed by atoms with Gasteiger partial charge in [-0.1, -0.05) is 30.3 Å². The molecule has 0 saturated heterocycles. The van der Waals surface area contributed by atoms with E-state index >= 15 is 0 Å². The zero-order chi connectivity index (χ0) is 19.9. The third-order valence-corrected chi connectivity index (χ3v) is 4.94. The van der Waals surface area contributed by atoms with Crippen LogP contribution in [0.25, 0.3) is 0 Å². The SMILES string of the molecule is Cc1ccccc1C(=O)NCCC(=O)NCCc1ccc(S(N)(=O)=O)cc1. The first-order chi connectivity index (χ1) is 12.8. The Morgan fingerprint density at radius 3 is 2.26 bits per heavy atom. The van der Waals surface area contributed by atoms with Gasteiger partial charge in [0.25, 0.3) is 5.91 Å². The van der Waals surface area contributed by atoms with Gasteiger partial charge in [0.15, 0.2) is 0 Å². The summed E-state index contributed by atoms with van der Waals surface area (Å²) in [6, 6.07) is 13.5. The van der Waals surface area contributed by atoms with Gasteiger partial charge in [0, 0.05) is 25.1 Å². The molecular weight excluding hydrogens is 366 g/mol. The van der Waals surface area contributed by atoms with Crippen LogP contribution in [0.2, 0.25) is 0 Å². The van der Waals surface area contributed by atoms with Crippen LogP contribution >= 0.6 is 0 Å². The second-order valence-electron chi connectivity index (χ2n) is 6.11. The van der Waals surface area contributed by atoms with Crippen molar-refractivity contribution in [1.82, 2.24) is 10.6 Å². The number of amides is 2. The van der Waals surface area contributed by atoms with E-state index in [1.165, 1.54) is 12.1 Å². The van der Waals surface area contributed by atoms with Crippen LogP contribution in [0.3, 0.4) is 0 Å². The van der Waals surface area contributed by atoms with E-state index in [4.69, 9.17) is 5.14 Å². The summed E-state index contributed by atoms with van der Waals surface area (Å²) in [6.45, 7) is 2.53. The van der Waals surface area contributed by atoms with E-state index in [0.29, 0.717) is 18.5 Å². The summed E-state index contributed by atoms with van der Waals surface area (Å²) < 4.78 is 22.4. The average Bonchev–Trinajstić information content (AvgIpc) is 2.61. The molecule has 0 atom stereocenters. The largest absolute Gasteiger partial charge is 0.356 e. The number of benzene rings is 2. The maximum absolute atomic E-state index is 12.0. The van der Waals surface area contributed by atoms with Crippen molar-refractivity contribution in [3.05, 3.63) is 65.2 Å². The van der Waals surface area contributed by atoms with E-state index in [9.17, 15) is 18.0 Å². The summed E-state index contributed by atoms with van der Waals surface area (Å²) >= 11 is 0. The molecule has 0 saturated carbocycles. The molecule has 8 heteroatoms. The molecule has 27 heavy (non-hydrogen) atoms. The number of primary sulfonamides is 1. The summed E-state index contributed by atoms with van der Waals surface area (Å²) in [6.07, 6.45) is 0.744. The van der Waals surface area contributed by atoms with Gasteiger partial charge in [-0.25, -0.2) is 13.6 Å². The van der Waals surface area contributed by atoms with Crippen molar-refractivity contribution < 1.29 is 18.0 Å². The topological polar surface area (TPSA) is 118 Å². The number of nitrogens with two attached hydrogens (primary N) is 1. The molecule has 4 N–H and O–H groups in total. The standard InChI is InChI=1S/C19H23N3O4S/c1-14-4-2-3-5-17(14)19(24)22-13-11-18(23)21-12-10-15-6-8-16(9-7-15)27(20,25)26/h2-9H,10-13H2,1H3,(H,21,23)(H,22,24)(H2,20,25,26). The lowest BCUT2D eigenvalue weighted by Crippen LogP contribution is -2.31. The molecule has 0 heterocycles. The molecule has 0 aromatic heterocycles. The molecule has 0 aliphatic carbocycles. The van der Waals surface area contributed by atoms with Gasteiger partial charge in [-0.2, -0.15) is 0 Å². The first-order valence-electron chi connectivity index (χ1n) is 8.49. The number of carbonyl (C=O) groups is 2. The van der Waals surface area contributed by atoms with Gasteiger partial charge in [-0.3, -0.25) is 9.59 Å². The lowest BCUT2D eigenvalue weighted by atomic mass is 10.1. The van der Waals surface area contributed by atoms with Crippen LogP contribution in [0, 0.1) is 6.92 Å². The second-order valence-corrected chi connectivity index (χ2v) is 7.67. The van der Waals surface area contributed by atoms with Crippen molar-refractivity contribution in [2.75, 3.05) is 13.1 Å². The molecule has 0 aliphatic heterocycles. The highest BCUT2D eigenvalue weighted by Gasteiger charge is 2.09. The van der Waals surface area contributed by atoms with Crippen molar-refractivity contribution in [3.8, 4) is 0 Å². The maximum Gasteiger partial charge on any atom is 0.251 e. The highest BCUT2D eigenvalue weighted by atomic mass is 32.2. The Bertz CT molecular complexity index is 909. The molecule has 144 valence electrons. The quantitative estimate of drug-likeness (QED) is 0.627. The van der Waals surface area contributed by atoms with E-state index in [1.807, 2.05) is 19.1 Å². The maximum atomic E-state index is 12.0. The van der Waals surface area contributed by atoms with E-state index in [1.54, 1.807) is 24.3 Å². The summed E-state index contributed by atoms with van der Waals surface area (Å²) in [7, 11) is -3.70. The molecule has 0 aliphatic rings. The van der Waals surface area contributed by atoms with Gasteiger partial charge >= 0.3 is 0 Å². The summed E-state index contributed by atoms with van der Waals surface area (Å²) in [5.74, 6) is -0.364. The van der Waals surface area contributed by atoms with Crippen molar-refractivity contribution in [3.63, 3.8) is 0 Å². The molecule has 0 spiro atoms. The molecule has 2 rings (SSSR count). The van der Waals surface area contributed by atoms with Crippen molar-refractivity contribution in [2.45, 2.75) is 24.7 Å². The highest BCUT2D eigenvalue weighted by molar-refractivity contribution is 7.89. The molecule has 2 aromatic carbocycles. The normalized spacial score (nSPS) is 11.0. The lowest BCUT2D eigenvalue weighted by Gasteiger charge is -2.08. The summed E-state index contributed by atoms with van der Waals surface area (Å²) in [5, 5.41) is 10.5. The van der Waals surface area contributed by atoms with E-state index < -0.39 is 10.0 Å². The smallest absolute Gasteiger partial charge is 0.251 e. The number of rotatable bonds is 8. The van der Waals surface area contributed by atoms with Gasteiger partial charge in [0.2, 0.25) is 15.9 Å². The third-order valence-electron chi connectivity index (χ3n) is 4.02. The zero-order valence-corrected chi connectivity index (χ0v) is 15.9. The fraction of sp³-hybridized carbons (Fsp3) is 0.263. The van der Waals surface area contributed by atoms with Crippen molar-refractivity contribution in [2.24, 2.45) is 5.14 Å². The Labute approximate surface area is 159 Å². The number of carbonyl (C=O) groups excluding carboxylic acids is 2. The zero-order valence-electron chi connectivity index (χ0n) is 15.1. The Hall–Kier alpha value is -2.71. The molecular formula is C19H23N3O4S. The molecule has 0 bridgehead atoms. The van der Waals surface area contributed by atoms with Crippen LogP contribution in [-0.2, 0) is 21.2 Å². The van der Waals surface area contributed by atoms with E-state index in [-0.39, 0.29) is 29.7 Å². The minimum atomic E-state index is -3.70. The van der Waals surface area contributed by atoms with Crippen molar-refractivity contribution in [1.29, 1.82) is 0 Å². The molecule has 7 nitrogen and oxygen atoms in total. The molecule has 0 radical (unpaired) electrons. The predicted octanol–water partition coefficient (Wildman–Crippen LogP) is 1.12. The first kappa shape index (κ1) is 20.6. The monoisotopic (exact) mass is 389 g/mol. The first-order valence-corrected chi connectivity index (χ1v) is 10.0. The average molecular weight is 389 g/mol. The molecule has 0 unspecified atom stereocenters. The van der Waals surface area contributed by atoms with Crippen LogP contribution in [0.4, 0.5) is 0 Å². The second kappa shape index (κ2) is 9.29. The van der Waals surface area contributed by atoms with E-state index in [0.717, 1.165) is 11.1 Å². The van der Waals surface area contributed by atoms with Gasteiger partial charge in [0.1, 0.15) is 0 Å². The Morgan fingerprint density at radius 1 is 0.963 bits per heavy atom. The highest BCUT2D eigenvalue weighted by Crippen LogP contribution is 2.09. The van der Waals surface area contributed by atoms with Crippen LogP contribution in [0.5, 0.6) is 0 Å². The van der Waals surface area contributed by atoms with Crippen LogP contribution in [-0.4, -0.2) is 33.3 Å². The number of hydrogen-bond acceptors (Lipinski definition) is 4. The summed E-state index contributed by atoms with van der Waals surface area (Å²) in [4.78, 5) is 24.0. The number of aryl methyl sites for hydroxylation is 1. The van der Waals surface area contributed by atoms with Crippen LogP contribution in [0.15, 0.2) is 53.4 Å². The van der Waals surface area contributed by atoms with Gasteiger partial charge in [-0.15, -0.1) is 0 Å².